The third-order valence-corrected chi connectivity index (χ3v) is 3.03. The van der Waals surface area contributed by atoms with Crippen molar-refractivity contribution in [2.75, 3.05) is 0 Å². The molecule has 0 spiro atoms. The van der Waals surface area contributed by atoms with Crippen molar-refractivity contribution >= 4 is 5.91 Å². The summed E-state index contributed by atoms with van der Waals surface area (Å²) in [6, 6.07) is 3.25. The van der Waals surface area contributed by atoms with Crippen molar-refractivity contribution in [3.8, 4) is 0 Å². The number of furan rings is 1. The second kappa shape index (κ2) is 6.38. The van der Waals surface area contributed by atoms with Gasteiger partial charge in [-0.05, 0) is 19.1 Å². The molecule has 2 heterocycles. The molecule has 6 heteroatoms. The molecule has 0 aromatic carbocycles. The lowest BCUT2D eigenvalue weighted by Gasteiger charge is -2.16. The molecule has 1 amide bonds. The van der Waals surface area contributed by atoms with E-state index in [0.717, 1.165) is 12.2 Å². The average molecular weight is 277 g/mol. The SMILES string of the molecule is CCc1ncc(C(=O)NC(C)CC(O)c2ccco2)[nH]1. The molecule has 108 valence electrons. The molecule has 0 aliphatic carbocycles. The van der Waals surface area contributed by atoms with Crippen LogP contribution in [0.15, 0.2) is 29.0 Å². The van der Waals surface area contributed by atoms with Gasteiger partial charge < -0.3 is 19.8 Å². The molecule has 0 radical (unpaired) electrons. The van der Waals surface area contributed by atoms with E-state index in [4.69, 9.17) is 4.42 Å². The number of aromatic amines is 1. The number of imidazole rings is 1. The van der Waals surface area contributed by atoms with Crippen LogP contribution in [-0.2, 0) is 6.42 Å². The number of H-pyrrole nitrogens is 1. The van der Waals surface area contributed by atoms with Crippen LogP contribution in [0.1, 0.15) is 48.4 Å². The van der Waals surface area contributed by atoms with Gasteiger partial charge in [0.2, 0.25) is 0 Å². The first-order valence-corrected chi connectivity index (χ1v) is 6.66. The molecule has 0 saturated heterocycles. The van der Waals surface area contributed by atoms with Crippen LogP contribution in [-0.4, -0.2) is 27.0 Å². The van der Waals surface area contributed by atoms with Crippen LogP contribution in [0.3, 0.4) is 0 Å². The van der Waals surface area contributed by atoms with Crippen LogP contribution < -0.4 is 5.32 Å². The van der Waals surface area contributed by atoms with E-state index >= 15 is 0 Å². The highest BCUT2D eigenvalue weighted by atomic mass is 16.4. The maximum atomic E-state index is 12.0. The average Bonchev–Trinajstić information content (AvgIpc) is 3.09. The number of aliphatic hydroxyl groups is 1. The minimum atomic E-state index is -0.728. The predicted molar refractivity (Wildman–Crippen MR) is 73.2 cm³/mol. The smallest absolute Gasteiger partial charge is 0.269 e. The second-order valence-electron chi connectivity index (χ2n) is 4.74. The summed E-state index contributed by atoms with van der Waals surface area (Å²) in [5.41, 5.74) is 0.432. The maximum absolute atomic E-state index is 12.0. The molecule has 0 saturated carbocycles. The Morgan fingerprint density at radius 1 is 1.60 bits per heavy atom. The molecule has 20 heavy (non-hydrogen) atoms. The lowest BCUT2D eigenvalue weighted by atomic mass is 10.1. The first-order chi connectivity index (χ1) is 9.60. The number of aryl methyl sites for hydroxylation is 1. The lowest BCUT2D eigenvalue weighted by molar-refractivity contribution is 0.0898. The lowest BCUT2D eigenvalue weighted by Crippen LogP contribution is -2.34. The Hall–Kier alpha value is -2.08. The molecule has 2 unspecified atom stereocenters. The van der Waals surface area contributed by atoms with Crippen molar-refractivity contribution in [3.63, 3.8) is 0 Å². The Balaban J connectivity index is 1.87. The number of carbonyl (C=O) groups is 1. The highest BCUT2D eigenvalue weighted by Crippen LogP contribution is 2.18. The Bertz CT molecular complexity index is 548. The minimum Gasteiger partial charge on any atom is -0.467 e. The van der Waals surface area contributed by atoms with Gasteiger partial charge in [-0.25, -0.2) is 4.98 Å². The van der Waals surface area contributed by atoms with Gasteiger partial charge in [-0.3, -0.25) is 4.79 Å². The minimum absolute atomic E-state index is 0.184. The zero-order valence-electron chi connectivity index (χ0n) is 11.6. The number of nitrogens with zero attached hydrogens (tertiary/aromatic N) is 1. The standard InChI is InChI=1S/C14H19N3O3/c1-3-13-15-8-10(17-13)14(19)16-9(2)7-11(18)12-5-4-6-20-12/h4-6,8-9,11,18H,3,7H2,1-2H3,(H,15,17)(H,16,19). The molecule has 0 aliphatic rings. The first-order valence-electron chi connectivity index (χ1n) is 6.66. The molecule has 2 atom stereocenters. The van der Waals surface area contributed by atoms with Crippen molar-refractivity contribution < 1.29 is 14.3 Å². The summed E-state index contributed by atoms with van der Waals surface area (Å²) >= 11 is 0. The Morgan fingerprint density at radius 2 is 2.40 bits per heavy atom. The molecule has 3 N–H and O–H groups in total. The molecule has 0 fully saturated rings. The van der Waals surface area contributed by atoms with Crippen LogP contribution in [0.2, 0.25) is 0 Å². The molecule has 0 aliphatic heterocycles. The van der Waals surface area contributed by atoms with Gasteiger partial charge in [-0.15, -0.1) is 0 Å². The topological polar surface area (TPSA) is 91.2 Å². The Kier molecular flexibility index (Phi) is 4.57. The zero-order valence-corrected chi connectivity index (χ0v) is 11.6. The van der Waals surface area contributed by atoms with E-state index in [1.165, 1.54) is 12.5 Å². The fourth-order valence-corrected chi connectivity index (χ4v) is 1.95. The van der Waals surface area contributed by atoms with Gasteiger partial charge in [0.1, 0.15) is 23.4 Å². The van der Waals surface area contributed by atoms with Gasteiger partial charge in [-0.1, -0.05) is 6.92 Å². The summed E-state index contributed by atoms with van der Waals surface area (Å²) in [4.78, 5) is 19.0. The van der Waals surface area contributed by atoms with Crippen molar-refractivity contribution in [2.45, 2.75) is 38.8 Å². The molecular formula is C14H19N3O3. The molecule has 2 rings (SSSR count). The number of carbonyl (C=O) groups excluding carboxylic acids is 1. The monoisotopic (exact) mass is 277 g/mol. The van der Waals surface area contributed by atoms with E-state index in [0.29, 0.717) is 17.9 Å². The summed E-state index contributed by atoms with van der Waals surface area (Å²) in [7, 11) is 0. The van der Waals surface area contributed by atoms with E-state index in [-0.39, 0.29) is 11.9 Å². The van der Waals surface area contributed by atoms with E-state index in [9.17, 15) is 9.90 Å². The maximum Gasteiger partial charge on any atom is 0.269 e. The Labute approximate surface area is 117 Å². The van der Waals surface area contributed by atoms with E-state index in [1.54, 1.807) is 12.1 Å². The van der Waals surface area contributed by atoms with Gasteiger partial charge in [-0.2, -0.15) is 0 Å². The van der Waals surface area contributed by atoms with Crippen LogP contribution in [0.25, 0.3) is 0 Å². The van der Waals surface area contributed by atoms with Gasteiger partial charge in [0.25, 0.3) is 5.91 Å². The number of nitrogens with one attached hydrogen (secondary N) is 2. The molecule has 2 aromatic rings. The third kappa shape index (κ3) is 3.48. The van der Waals surface area contributed by atoms with Gasteiger partial charge in [0, 0.05) is 18.9 Å². The van der Waals surface area contributed by atoms with E-state index in [2.05, 4.69) is 15.3 Å². The molecular weight excluding hydrogens is 258 g/mol. The fourth-order valence-electron chi connectivity index (χ4n) is 1.95. The summed E-state index contributed by atoms with van der Waals surface area (Å²) in [5.74, 6) is 1.05. The van der Waals surface area contributed by atoms with Crippen LogP contribution in [0, 0.1) is 0 Å². The highest BCUT2D eigenvalue weighted by Gasteiger charge is 2.17. The van der Waals surface area contributed by atoms with Crippen molar-refractivity contribution in [2.24, 2.45) is 0 Å². The number of hydrogen-bond acceptors (Lipinski definition) is 4. The molecule has 0 bridgehead atoms. The van der Waals surface area contributed by atoms with E-state index < -0.39 is 6.10 Å². The van der Waals surface area contributed by atoms with Crippen molar-refractivity contribution in [3.05, 3.63) is 41.9 Å². The van der Waals surface area contributed by atoms with Crippen LogP contribution in [0.4, 0.5) is 0 Å². The summed E-state index contributed by atoms with van der Waals surface area (Å²) in [6.45, 7) is 3.80. The second-order valence-corrected chi connectivity index (χ2v) is 4.74. The largest absolute Gasteiger partial charge is 0.467 e. The quantitative estimate of drug-likeness (QED) is 0.751. The number of hydrogen-bond donors (Lipinski definition) is 3. The number of aliphatic hydroxyl groups excluding tert-OH is 1. The highest BCUT2D eigenvalue weighted by molar-refractivity contribution is 5.92. The molecule has 6 nitrogen and oxygen atoms in total. The fraction of sp³-hybridized carbons (Fsp3) is 0.429. The summed E-state index contributed by atoms with van der Waals surface area (Å²) in [6.07, 6.45) is 3.43. The third-order valence-electron chi connectivity index (χ3n) is 3.03. The van der Waals surface area contributed by atoms with Crippen LogP contribution >= 0.6 is 0 Å². The summed E-state index contributed by atoms with van der Waals surface area (Å²) < 4.78 is 5.12. The van der Waals surface area contributed by atoms with Crippen molar-refractivity contribution in [1.29, 1.82) is 0 Å². The van der Waals surface area contributed by atoms with Gasteiger partial charge in [0.05, 0.1) is 12.5 Å². The number of rotatable bonds is 6. The molecule has 2 aromatic heterocycles. The normalized spacial score (nSPS) is 13.9. The number of amides is 1. The Morgan fingerprint density at radius 3 is 3.00 bits per heavy atom. The predicted octanol–water partition coefficient (Wildman–Crippen LogP) is 1.81. The van der Waals surface area contributed by atoms with Crippen LogP contribution in [0.5, 0.6) is 0 Å². The van der Waals surface area contributed by atoms with E-state index in [1.807, 2.05) is 13.8 Å². The number of aromatic nitrogens is 2. The van der Waals surface area contributed by atoms with Crippen molar-refractivity contribution in [1.82, 2.24) is 15.3 Å². The first kappa shape index (κ1) is 14.3. The zero-order chi connectivity index (χ0) is 14.5. The van der Waals surface area contributed by atoms with Gasteiger partial charge in [0.15, 0.2) is 0 Å². The van der Waals surface area contributed by atoms with Gasteiger partial charge >= 0.3 is 0 Å². The summed E-state index contributed by atoms with van der Waals surface area (Å²) in [5, 5.41) is 12.8.